The van der Waals surface area contributed by atoms with E-state index < -0.39 is 17.6 Å². The molecule has 2 amide bonds. The maximum Gasteiger partial charge on any atom is 0.289 e. The topological polar surface area (TPSA) is 69.6 Å². The van der Waals surface area contributed by atoms with Crippen LogP contribution in [0.25, 0.3) is 0 Å². The molecule has 2 aromatic rings. The van der Waals surface area contributed by atoms with Crippen molar-refractivity contribution in [3.05, 3.63) is 81.0 Å². The number of hydrogen-bond donors (Lipinski definition) is 2. The quantitative estimate of drug-likeness (QED) is 0.586. The Morgan fingerprint density at radius 2 is 1.90 bits per heavy atom. The molecule has 0 aromatic heterocycles. The van der Waals surface area contributed by atoms with Gasteiger partial charge in [0.2, 0.25) is 0 Å². The summed E-state index contributed by atoms with van der Waals surface area (Å²) in [6, 6.07) is 15.3. The molecular weight excluding hydrogens is 423 g/mol. The molecule has 1 atom stereocenters. The number of aliphatic hydroxyl groups excluding tert-OH is 1. The first-order valence-electron chi connectivity index (χ1n) is 9.85. The Morgan fingerprint density at radius 3 is 2.60 bits per heavy atom. The van der Waals surface area contributed by atoms with Crippen LogP contribution in [0.3, 0.4) is 0 Å². The van der Waals surface area contributed by atoms with Gasteiger partial charge in [0.1, 0.15) is 0 Å². The normalized spacial score (nSPS) is 14.9. The van der Waals surface area contributed by atoms with Crippen LogP contribution < -0.4 is 5.32 Å². The number of amides is 2. The third kappa shape index (κ3) is 5.35. The van der Waals surface area contributed by atoms with Gasteiger partial charge in [0.15, 0.2) is 5.76 Å². The standard InChI is InChI=1S/C23H24Cl2N2O3/c1-15(17-7-3-2-4-8-17)13-27-14-18(21(28)23(27)30)22(29)26-11-5-6-16-9-10-19(24)20(25)12-16/h2-4,7-10,12,15,28H,5-6,11,13-14H2,1H3,(H,26,29)/t15-/m0/s1. The minimum absolute atomic E-state index is 0.0940. The van der Waals surface area contributed by atoms with Crippen molar-refractivity contribution in [3.8, 4) is 0 Å². The van der Waals surface area contributed by atoms with Crippen molar-refractivity contribution in [3.63, 3.8) is 0 Å². The smallest absolute Gasteiger partial charge is 0.289 e. The van der Waals surface area contributed by atoms with Crippen LogP contribution in [0.4, 0.5) is 0 Å². The van der Waals surface area contributed by atoms with Gasteiger partial charge in [-0.05, 0) is 42.0 Å². The largest absolute Gasteiger partial charge is 0.503 e. The van der Waals surface area contributed by atoms with Gasteiger partial charge >= 0.3 is 0 Å². The molecule has 0 saturated carbocycles. The molecule has 1 aliphatic rings. The summed E-state index contributed by atoms with van der Waals surface area (Å²) in [5.41, 5.74) is 2.25. The van der Waals surface area contributed by atoms with Crippen LogP contribution in [0.1, 0.15) is 30.4 Å². The average Bonchev–Trinajstić information content (AvgIpc) is 3.02. The molecule has 158 valence electrons. The lowest BCUT2D eigenvalue weighted by Crippen LogP contribution is -2.33. The van der Waals surface area contributed by atoms with Crippen molar-refractivity contribution < 1.29 is 14.7 Å². The Labute approximate surface area is 186 Å². The molecule has 5 nitrogen and oxygen atoms in total. The minimum Gasteiger partial charge on any atom is -0.503 e. The van der Waals surface area contributed by atoms with E-state index in [4.69, 9.17) is 23.2 Å². The molecule has 0 bridgehead atoms. The number of hydrogen-bond acceptors (Lipinski definition) is 3. The summed E-state index contributed by atoms with van der Waals surface area (Å²) in [4.78, 5) is 26.4. The lowest BCUT2D eigenvalue weighted by Gasteiger charge is -2.21. The molecule has 3 rings (SSSR count). The summed E-state index contributed by atoms with van der Waals surface area (Å²) >= 11 is 11.9. The lowest BCUT2D eigenvalue weighted by atomic mass is 10.0. The fraction of sp³-hybridized carbons (Fsp3) is 0.304. The first-order chi connectivity index (χ1) is 14.4. The predicted octanol–water partition coefficient (Wildman–Crippen LogP) is 4.50. The van der Waals surface area contributed by atoms with Crippen LogP contribution >= 0.6 is 23.2 Å². The molecule has 2 N–H and O–H groups in total. The van der Waals surface area contributed by atoms with E-state index in [1.54, 1.807) is 6.07 Å². The molecule has 2 aromatic carbocycles. The van der Waals surface area contributed by atoms with E-state index in [-0.39, 0.29) is 18.0 Å². The van der Waals surface area contributed by atoms with Crippen molar-refractivity contribution in [1.82, 2.24) is 10.2 Å². The Bertz CT molecular complexity index is 960. The zero-order valence-electron chi connectivity index (χ0n) is 16.7. The summed E-state index contributed by atoms with van der Waals surface area (Å²) in [6.45, 7) is 2.98. The van der Waals surface area contributed by atoms with Gasteiger partial charge in [-0.1, -0.05) is 66.5 Å². The second-order valence-electron chi connectivity index (χ2n) is 7.43. The third-order valence-corrected chi connectivity index (χ3v) is 5.91. The molecule has 0 saturated heterocycles. The number of nitrogens with zero attached hydrogens (tertiary/aromatic N) is 1. The van der Waals surface area contributed by atoms with E-state index in [2.05, 4.69) is 5.32 Å². The molecular formula is C23H24Cl2N2O3. The summed E-state index contributed by atoms with van der Waals surface area (Å²) in [7, 11) is 0. The van der Waals surface area contributed by atoms with Gasteiger partial charge < -0.3 is 15.3 Å². The average molecular weight is 447 g/mol. The maximum atomic E-state index is 12.5. The van der Waals surface area contributed by atoms with Gasteiger partial charge in [0.05, 0.1) is 22.2 Å². The highest BCUT2D eigenvalue weighted by molar-refractivity contribution is 6.42. The lowest BCUT2D eigenvalue weighted by molar-refractivity contribution is -0.128. The van der Waals surface area contributed by atoms with Gasteiger partial charge in [-0.2, -0.15) is 0 Å². The SMILES string of the molecule is C[C@@H](CN1CC(C(=O)NCCCc2ccc(Cl)c(Cl)c2)=C(O)C1=O)c1ccccc1. The number of benzene rings is 2. The van der Waals surface area contributed by atoms with Crippen molar-refractivity contribution in [2.75, 3.05) is 19.6 Å². The second kappa shape index (κ2) is 10.0. The first-order valence-corrected chi connectivity index (χ1v) is 10.6. The Hall–Kier alpha value is -2.50. The third-order valence-electron chi connectivity index (χ3n) is 5.17. The minimum atomic E-state index is -0.501. The highest BCUT2D eigenvalue weighted by Gasteiger charge is 2.34. The zero-order chi connectivity index (χ0) is 21.7. The van der Waals surface area contributed by atoms with Crippen LogP contribution in [0.5, 0.6) is 0 Å². The van der Waals surface area contributed by atoms with E-state index >= 15 is 0 Å². The van der Waals surface area contributed by atoms with Crippen LogP contribution in [0, 0.1) is 0 Å². The number of nitrogens with one attached hydrogen (secondary N) is 1. The van der Waals surface area contributed by atoms with Crippen molar-refractivity contribution >= 4 is 35.0 Å². The number of carbonyl (C=O) groups excluding carboxylic acids is 2. The highest BCUT2D eigenvalue weighted by Crippen LogP contribution is 2.24. The molecule has 0 unspecified atom stereocenters. The summed E-state index contributed by atoms with van der Waals surface area (Å²) in [6.07, 6.45) is 1.42. The molecule has 0 fully saturated rings. The van der Waals surface area contributed by atoms with Gasteiger partial charge in [-0.15, -0.1) is 0 Å². The monoisotopic (exact) mass is 446 g/mol. The van der Waals surface area contributed by atoms with Crippen LogP contribution in [-0.4, -0.2) is 41.5 Å². The van der Waals surface area contributed by atoms with Crippen molar-refractivity contribution in [1.29, 1.82) is 0 Å². The van der Waals surface area contributed by atoms with Gasteiger partial charge in [0, 0.05) is 13.1 Å². The number of carbonyl (C=O) groups is 2. The van der Waals surface area contributed by atoms with Crippen LogP contribution in [0.2, 0.25) is 10.0 Å². The van der Waals surface area contributed by atoms with E-state index in [9.17, 15) is 14.7 Å². The van der Waals surface area contributed by atoms with Gasteiger partial charge in [0.25, 0.3) is 11.8 Å². The molecule has 30 heavy (non-hydrogen) atoms. The van der Waals surface area contributed by atoms with Crippen LogP contribution in [0.15, 0.2) is 59.9 Å². The summed E-state index contributed by atoms with van der Waals surface area (Å²) in [5.74, 6) is -1.28. The van der Waals surface area contributed by atoms with Gasteiger partial charge in [-0.25, -0.2) is 0 Å². The van der Waals surface area contributed by atoms with E-state index in [0.29, 0.717) is 29.6 Å². The number of aliphatic hydroxyl groups is 1. The summed E-state index contributed by atoms with van der Waals surface area (Å²) in [5, 5.41) is 14.0. The van der Waals surface area contributed by atoms with Gasteiger partial charge in [-0.3, -0.25) is 9.59 Å². The fourth-order valence-corrected chi connectivity index (χ4v) is 3.78. The van der Waals surface area contributed by atoms with E-state index in [1.807, 2.05) is 49.4 Å². The second-order valence-corrected chi connectivity index (χ2v) is 8.25. The van der Waals surface area contributed by atoms with Crippen LogP contribution in [-0.2, 0) is 16.0 Å². The fourth-order valence-electron chi connectivity index (χ4n) is 3.46. The molecule has 1 aliphatic heterocycles. The Kier molecular flexibility index (Phi) is 7.40. The first kappa shape index (κ1) is 22.2. The number of aryl methyl sites for hydroxylation is 1. The Balaban J connectivity index is 1.49. The predicted molar refractivity (Wildman–Crippen MR) is 119 cm³/mol. The molecule has 0 radical (unpaired) electrons. The molecule has 1 heterocycles. The zero-order valence-corrected chi connectivity index (χ0v) is 18.2. The highest BCUT2D eigenvalue weighted by atomic mass is 35.5. The maximum absolute atomic E-state index is 12.5. The van der Waals surface area contributed by atoms with E-state index in [0.717, 1.165) is 17.5 Å². The van der Waals surface area contributed by atoms with E-state index in [1.165, 1.54) is 4.90 Å². The van der Waals surface area contributed by atoms with Crippen molar-refractivity contribution in [2.24, 2.45) is 0 Å². The van der Waals surface area contributed by atoms with Crippen molar-refractivity contribution in [2.45, 2.75) is 25.7 Å². The molecule has 7 heteroatoms. The number of halogens is 2. The Morgan fingerprint density at radius 1 is 1.17 bits per heavy atom. The molecule has 0 spiro atoms. The summed E-state index contributed by atoms with van der Waals surface area (Å²) < 4.78 is 0. The number of rotatable bonds is 8. The molecule has 0 aliphatic carbocycles.